The summed E-state index contributed by atoms with van der Waals surface area (Å²) >= 11 is 0. The summed E-state index contributed by atoms with van der Waals surface area (Å²) in [7, 11) is 0. The van der Waals surface area contributed by atoms with Crippen LogP contribution in [0, 0.1) is 0 Å². The highest BCUT2D eigenvalue weighted by molar-refractivity contribution is 5.93. The highest BCUT2D eigenvalue weighted by atomic mass is 16.2. The molecule has 1 heterocycles. The number of rotatable bonds is 1. The molecule has 2 fully saturated rings. The van der Waals surface area contributed by atoms with E-state index in [1.54, 1.807) is 13.8 Å². The van der Waals surface area contributed by atoms with Gasteiger partial charge in [0.2, 0.25) is 11.8 Å². The Kier molecular flexibility index (Phi) is 2.07. The molecule has 2 aliphatic rings. The minimum atomic E-state index is -0.751. The average Bonchev–Trinajstić information content (AvgIpc) is 2.83. The third kappa shape index (κ3) is 1.73. The second kappa shape index (κ2) is 2.97. The minimum absolute atomic E-state index is 0.0145. The lowest BCUT2D eigenvalue weighted by Crippen LogP contribution is -2.55. The van der Waals surface area contributed by atoms with Gasteiger partial charge < -0.3 is 10.2 Å². The molecule has 2 amide bonds. The number of hydrogen-bond donors (Lipinski definition) is 1. The smallest absolute Gasteiger partial charge is 0.248 e. The molecule has 0 bridgehead atoms. The molecular formula is C11H18N2O2. The second-order valence-corrected chi connectivity index (χ2v) is 5.38. The largest absolute Gasteiger partial charge is 0.342 e. The number of hydrogen-bond acceptors (Lipinski definition) is 2. The van der Waals surface area contributed by atoms with E-state index in [0.717, 1.165) is 12.8 Å². The molecular weight excluding hydrogens is 192 g/mol. The molecule has 0 radical (unpaired) electrons. The molecule has 1 saturated carbocycles. The number of carbonyl (C=O) groups excluding carboxylic acids is 2. The maximum absolute atomic E-state index is 12.2. The van der Waals surface area contributed by atoms with Crippen LogP contribution < -0.4 is 5.32 Å². The maximum Gasteiger partial charge on any atom is 0.248 e. The average molecular weight is 210 g/mol. The molecule has 1 aliphatic carbocycles. The van der Waals surface area contributed by atoms with Crippen LogP contribution in [0.1, 0.15) is 40.0 Å². The second-order valence-electron chi connectivity index (χ2n) is 5.38. The predicted octanol–water partition coefficient (Wildman–Crippen LogP) is 0.666. The fourth-order valence-electron chi connectivity index (χ4n) is 2.08. The normalized spacial score (nSPS) is 28.3. The molecule has 1 saturated heterocycles. The Bertz CT molecular complexity index is 319. The van der Waals surface area contributed by atoms with Crippen molar-refractivity contribution in [3.05, 3.63) is 0 Å². The molecule has 4 heteroatoms. The molecule has 0 aromatic rings. The third-order valence-electron chi connectivity index (χ3n) is 3.42. The van der Waals surface area contributed by atoms with E-state index in [4.69, 9.17) is 0 Å². The third-order valence-corrected chi connectivity index (χ3v) is 3.42. The highest BCUT2D eigenvalue weighted by Gasteiger charge is 2.50. The Morgan fingerprint density at radius 3 is 2.33 bits per heavy atom. The van der Waals surface area contributed by atoms with Gasteiger partial charge in [-0.3, -0.25) is 9.59 Å². The molecule has 4 nitrogen and oxygen atoms in total. The van der Waals surface area contributed by atoms with Gasteiger partial charge in [0.05, 0.1) is 0 Å². The standard InChI is InChI=1S/C11H18N2O2/c1-10(2)9(15)13(11(3)5-6-11)7-4-8(14)12-10/h4-7H2,1-3H3,(H,12,14). The lowest BCUT2D eigenvalue weighted by molar-refractivity contribution is -0.139. The molecule has 0 unspecified atom stereocenters. The van der Waals surface area contributed by atoms with Gasteiger partial charge >= 0.3 is 0 Å². The van der Waals surface area contributed by atoms with Gasteiger partial charge in [-0.1, -0.05) is 0 Å². The molecule has 1 N–H and O–H groups in total. The van der Waals surface area contributed by atoms with Crippen LogP contribution in [0.15, 0.2) is 0 Å². The zero-order valence-electron chi connectivity index (χ0n) is 9.59. The van der Waals surface area contributed by atoms with Crippen molar-refractivity contribution in [2.45, 2.75) is 51.1 Å². The summed E-state index contributed by atoms with van der Waals surface area (Å²) in [6, 6.07) is 0. The Hall–Kier alpha value is -1.06. The zero-order chi connectivity index (χ0) is 11.3. The number of nitrogens with zero attached hydrogens (tertiary/aromatic N) is 1. The summed E-state index contributed by atoms with van der Waals surface area (Å²) in [6.45, 7) is 6.20. The summed E-state index contributed by atoms with van der Waals surface area (Å²) in [6.07, 6.45) is 2.54. The summed E-state index contributed by atoms with van der Waals surface area (Å²) < 4.78 is 0. The van der Waals surface area contributed by atoms with E-state index in [-0.39, 0.29) is 17.4 Å². The Balaban J connectivity index is 2.25. The quantitative estimate of drug-likeness (QED) is 0.691. The van der Waals surface area contributed by atoms with Crippen molar-refractivity contribution >= 4 is 11.8 Å². The van der Waals surface area contributed by atoms with Crippen molar-refractivity contribution in [3.63, 3.8) is 0 Å². The highest BCUT2D eigenvalue weighted by Crippen LogP contribution is 2.42. The van der Waals surface area contributed by atoms with E-state index in [1.807, 2.05) is 4.90 Å². The fourth-order valence-corrected chi connectivity index (χ4v) is 2.08. The molecule has 84 valence electrons. The van der Waals surface area contributed by atoms with E-state index >= 15 is 0 Å². The van der Waals surface area contributed by atoms with Gasteiger partial charge in [0.25, 0.3) is 0 Å². The SMILES string of the molecule is CC1(C)NC(=O)CCN(C2(C)CC2)C1=O. The van der Waals surface area contributed by atoms with Crippen LogP contribution >= 0.6 is 0 Å². The molecule has 2 rings (SSSR count). The molecule has 0 spiro atoms. The van der Waals surface area contributed by atoms with E-state index in [2.05, 4.69) is 12.2 Å². The van der Waals surface area contributed by atoms with Crippen LogP contribution in [-0.2, 0) is 9.59 Å². The molecule has 0 aromatic carbocycles. The van der Waals surface area contributed by atoms with Gasteiger partial charge in [0.1, 0.15) is 5.54 Å². The van der Waals surface area contributed by atoms with Crippen molar-refractivity contribution in [3.8, 4) is 0 Å². The first-order valence-electron chi connectivity index (χ1n) is 5.48. The van der Waals surface area contributed by atoms with Crippen LogP contribution in [0.2, 0.25) is 0 Å². The number of carbonyl (C=O) groups is 2. The first-order chi connectivity index (χ1) is 6.85. The molecule has 0 atom stereocenters. The topological polar surface area (TPSA) is 49.4 Å². The van der Waals surface area contributed by atoms with E-state index in [1.165, 1.54) is 0 Å². The Labute approximate surface area is 90.0 Å². The van der Waals surface area contributed by atoms with Crippen LogP contribution in [0.5, 0.6) is 0 Å². The minimum Gasteiger partial charge on any atom is -0.342 e. The van der Waals surface area contributed by atoms with Gasteiger partial charge in [-0.2, -0.15) is 0 Å². The first-order valence-corrected chi connectivity index (χ1v) is 5.48. The van der Waals surface area contributed by atoms with Gasteiger partial charge in [0.15, 0.2) is 0 Å². The monoisotopic (exact) mass is 210 g/mol. The summed E-state index contributed by atoms with van der Waals surface area (Å²) in [5.41, 5.74) is -0.736. The molecule has 1 aliphatic heterocycles. The van der Waals surface area contributed by atoms with Crippen molar-refractivity contribution < 1.29 is 9.59 Å². The van der Waals surface area contributed by atoms with E-state index in [9.17, 15) is 9.59 Å². The van der Waals surface area contributed by atoms with Gasteiger partial charge in [-0.25, -0.2) is 0 Å². The Morgan fingerprint density at radius 2 is 1.80 bits per heavy atom. The van der Waals surface area contributed by atoms with Crippen molar-refractivity contribution in [1.82, 2.24) is 10.2 Å². The van der Waals surface area contributed by atoms with E-state index < -0.39 is 5.54 Å². The van der Waals surface area contributed by atoms with Crippen molar-refractivity contribution in [1.29, 1.82) is 0 Å². The number of nitrogens with one attached hydrogen (secondary N) is 1. The lowest BCUT2D eigenvalue weighted by atomic mass is 10.0. The zero-order valence-corrected chi connectivity index (χ0v) is 9.59. The predicted molar refractivity (Wildman–Crippen MR) is 56.2 cm³/mol. The fraction of sp³-hybridized carbons (Fsp3) is 0.818. The lowest BCUT2D eigenvalue weighted by Gasteiger charge is -2.33. The van der Waals surface area contributed by atoms with Gasteiger partial charge in [0, 0.05) is 18.5 Å². The molecule has 0 aromatic heterocycles. The molecule has 15 heavy (non-hydrogen) atoms. The van der Waals surface area contributed by atoms with Crippen LogP contribution in [-0.4, -0.2) is 34.3 Å². The van der Waals surface area contributed by atoms with Crippen LogP contribution in [0.3, 0.4) is 0 Å². The van der Waals surface area contributed by atoms with Crippen molar-refractivity contribution in [2.75, 3.05) is 6.54 Å². The van der Waals surface area contributed by atoms with E-state index in [0.29, 0.717) is 13.0 Å². The van der Waals surface area contributed by atoms with Gasteiger partial charge in [-0.05, 0) is 33.6 Å². The Morgan fingerprint density at radius 1 is 1.20 bits per heavy atom. The summed E-state index contributed by atoms with van der Waals surface area (Å²) in [5, 5.41) is 2.77. The number of amides is 2. The van der Waals surface area contributed by atoms with Crippen LogP contribution in [0.25, 0.3) is 0 Å². The van der Waals surface area contributed by atoms with Gasteiger partial charge in [-0.15, -0.1) is 0 Å². The first kappa shape index (κ1) is 10.5. The van der Waals surface area contributed by atoms with Crippen LogP contribution in [0.4, 0.5) is 0 Å². The summed E-state index contributed by atoms with van der Waals surface area (Å²) in [4.78, 5) is 25.5. The maximum atomic E-state index is 12.2. The van der Waals surface area contributed by atoms with Crippen molar-refractivity contribution in [2.24, 2.45) is 0 Å². The summed E-state index contributed by atoms with van der Waals surface area (Å²) in [5.74, 6) is 0.0217.